The highest BCUT2D eigenvalue weighted by Gasteiger charge is 2.11. The summed E-state index contributed by atoms with van der Waals surface area (Å²) in [4.78, 5) is 0.950. The Labute approximate surface area is 124 Å². The van der Waals surface area contributed by atoms with E-state index in [0.29, 0.717) is 4.21 Å². The van der Waals surface area contributed by atoms with Crippen molar-refractivity contribution in [1.82, 2.24) is 0 Å². The minimum atomic E-state index is -3.12. The maximum atomic E-state index is 11.5. The van der Waals surface area contributed by atoms with Crippen molar-refractivity contribution >= 4 is 21.2 Å². The van der Waals surface area contributed by atoms with E-state index in [2.05, 4.69) is 6.92 Å². The van der Waals surface area contributed by atoms with Crippen LogP contribution in [0.4, 0.5) is 0 Å². The molecular formula is C15H18O3S2. The van der Waals surface area contributed by atoms with Gasteiger partial charge in [0, 0.05) is 11.1 Å². The molecule has 108 valence electrons. The first kappa shape index (κ1) is 15.1. The molecule has 2 aromatic rings. The monoisotopic (exact) mass is 310 g/mol. The number of thiophene rings is 1. The van der Waals surface area contributed by atoms with Crippen LogP contribution in [0, 0.1) is 0 Å². The summed E-state index contributed by atoms with van der Waals surface area (Å²) >= 11 is 1.29. The van der Waals surface area contributed by atoms with Gasteiger partial charge in [-0.2, -0.15) is 0 Å². The van der Waals surface area contributed by atoms with E-state index < -0.39 is 9.84 Å². The van der Waals surface area contributed by atoms with Crippen molar-refractivity contribution in [2.24, 2.45) is 0 Å². The summed E-state index contributed by atoms with van der Waals surface area (Å²) in [7, 11) is -3.12. The van der Waals surface area contributed by atoms with Crippen molar-refractivity contribution < 1.29 is 13.2 Å². The summed E-state index contributed by atoms with van der Waals surface area (Å²) < 4.78 is 28.9. The van der Waals surface area contributed by atoms with Gasteiger partial charge < -0.3 is 4.74 Å². The standard InChI is InChI=1S/C15H18O3S2/c1-3-4-11-18-13-7-5-12(6-8-13)14-9-10-15(19-14)20(2,16)17/h5-10H,3-4,11H2,1-2H3. The molecule has 0 unspecified atom stereocenters. The van der Waals surface area contributed by atoms with E-state index in [1.165, 1.54) is 17.6 Å². The fraction of sp³-hybridized carbons (Fsp3) is 0.333. The Hall–Kier alpha value is -1.33. The molecule has 0 spiro atoms. The summed E-state index contributed by atoms with van der Waals surface area (Å²) in [6.45, 7) is 2.86. The lowest BCUT2D eigenvalue weighted by molar-refractivity contribution is 0.309. The van der Waals surface area contributed by atoms with E-state index in [1.54, 1.807) is 6.07 Å². The molecule has 1 heterocycles. The zero-order valence-corrected chi connectivity index (χ0v) is 13.3. The molecule has 1 aromatic carbocycles. The minimum Gasteiger partial charge on any atom is -0.494 e. The van der Waals surface area contributed by atoms with E-state index in [1.807, 2.05) is 30.3 Å². The van der Waals surface area contributed by atoms with Crippen molar-refractivity contribution in [2.45, 2.75) is 24.0 Å². The number of benzene rings is 1. The zero-order chi connectivity index (χ0) is 14.6. The zero-order valence-electron chi connectivity index (χ0n) is 11.6. The number of ether oxygens (including phenoxy) is 1. The maximum Gasteiger partial charge on any atom is 0.184 e. The predicted octanol–water partition coefficient (Wildman–Crippen LogP) is 4.00. The van der Waals surface area contributed by atoms with Crippen LogP contribution in [0.1, 0.15) is 19.8 Å². The molecule has 0 atom stereocenters. The number of rotatable bonds is 6. The summed E-state index contributed by atoms with van der Waals surface area (Å²) in [5.74, 6) is 0.849. The molecule has 2 rings (SSSR count). The minimum absolute atomic E-state index is 0.399. The Morgan fingerprint density at radius 2 is 1.80 bits per heavy atom. The first-order valence-corrected chi connectivity index (χ1v) is 9.24. The fourth-order valence-electron chi connectivity index (χ4n) is 1.72. The van der Waals surface area contributed by atoms with Gasteiger partial charge in [0.2, 0.25) is 0 Å². The highest BCUT2D eigenvalue weighted by atomic mass is 32.2. The van der Waals surface area contributed by atoms with Gasteiger partial charge in [-0.3, -0.25) is 0 Å². The molecule has 0 amide bonds. The molecule has 20 heavy (non-hydrogen) atoms. The van der Waals surface area contributed by atoms with Crippen LogP contribution >= 0.6 is 11.3 Å². The SMILES string of the molecule is CCCCOc1ccc(-c2ccc(S(C)(=O)=O)s2)cc1. The third kappa shape index (κ3) is 3.84. The van der Waals surface area contributed by atoms with Gasteiger partial charge >= 0.3 is 0 Å². The van der Waals surface area contributed by atoms with Crippen molar-refractivity contribution in [2.75, 3.05) is 12.9 Å². The average molecular weight is 310 g/mol. The van der Waals surface area contributed by atoms with Gasteiger partial charge in [0.25, 0.3) is 0 Å². The van der Waals surface area contributed by atoms with Crippen molar-refractivity contribution in [1.29, 1.82) is 0 Å². The molecule has 0 N–H and O–H groups in total. The van der Waals surface area contributed by atoms with Crippen molar-refractivity contribution in [3.8, 4) is 16.2 Å². The third-order valence-electron chi connectivity index (χ3n) is 2.85. The largest absolute Gasteiger partial charge is 0.494 e. The van der Waals surface area contributed by atoms with Crippen LogP contribution in [0.2, 0.25) is 0 Å². The average Bonchev–Trinajstić information content (AvgIpc) is 2.89. The van der Waals surface area contributed by atoms with Gasteiger partial charge in [-0.05, 0) is 48.4 Å². The van der Waals surface area contributed by atoms with Gasteiger partial charge in [-0.1, -0.05) is 13.3 Å². The Morgan fingerprint density at radius 1 is 1.10 bits per heavy atom. The summed E-state index contributed by atoms with van der Waals surface area (Å²) in [5.41, 5.74) is 1.01. The highest BCUT2D eigenvalue weighted by Crippen LogP contribution is 2.31. The van der Waals surface area contributed by atoms with E-state index in [9.17, 15) is 8.42 Å². The number of unbranched alkanes of at least 4 members (excludes halogenated alkanes) is 1. The van der Waals surface area contributed by atoms with Gasteiger partial charge in [-0.25, -0.2) is 8.42 Å². The van der Waals surface area contributed by atoms with Crippen LogP contribution in [-0.2, 0) is 9.84 Å². The van der Waals surface area contributed by atoms with Crippen molar-refractivity contribution in [3.05, 3.63) is 36.4 Å². The van der Waals surface area contributed by atoms with Crippen molar-refractivity contribution in [3.63, 3.8) is 0 Å². The molecule has 5 heteroatoms. The second kappa shape index (κ2) is 6.41. The molecule has 0 aliphatic carbocycles. The Kier molecular flexibility index (Phi) is 4.83. The van der Waals surface area contributed by atoms with Crippen LogP contribution in [0.5, 0.6) is 5.75 Å². The van der Waals surface area contributed by atoms with Crippen LogP contribution < -0.4 is 4.74 Å². The Morgan fingerprint density at radius 3 is 2.35 bits per heavy atom. The van der Waals surface area contributed by atoms with Gasteiger partial charge in [0.15, 0.2) is 9.84 Å². The third-order valence-corrected chi connectivity index (χ3v) is 5.81. The molecule has 0 saturated carbocycles. The first-order chi connectivity index (χ1) is 9.50. The van der Waals surface area contributed by atoms with Crippen LogP contribution in [0.3, 0.4) is 0 Å². The quantitative estimate of drug-likeness (QED) is 0.758. The van der Waals surface area contributed by atoms with Gasteiger partial charge in [0.1, 0.15) is 9.96 Å². The molecule has 3 nitrogen and oxygen atoms in total. The van der Waals surface area contributed by atoms with Crippen LogP contribution in [0.25, 0.3) is 10.4 Å². The maximum absolute atomic E-state index is 11.5. The van der Waals surface area contributed by atoms with E-state index in [4.69, 9.17) is 4.74 Å². The molecule has 0 bridgehead atoms. The Balaban J connectivity index is 2.12. The normalized spacial score (nSPS) is 11.5. The van der Waals surface area contributed by atoms with Crippen LogP contribution in [0.15, 0.2) is 40.6 Å². The van der Waals surface area contributed by atoms with E-state index in [0.717, 1.165) is 35.6 Å². The lowest BCUT2D eigenvalue weighted by atomic mass is 10.2. The van der Waals surface area contributed by atoms with Gasteiger partial charge in [-0.15, -0.1) is 11.3 Å². The topological polar surface area (TPSA) is 43.4 Å². The molecular weight excluding hydrogens is 292 g/mol. The molecule has 0 aliphatic heterocycles. The molecule has 1 aromatic heterocycles. The lowest BCUT2D eigenvalue weighted by Gasteiger charge is -2.05. The first-order valence-electron chi connectivity index (χ1n) is 6.54. The molecule has 0 saturated heterocycles. The predicted molar refractivity (Wildman–Crippen MR) is 83.3 cm³/mol. The molecule has 0 radical (unpaired) electrons. The molecule has 0 aliphatic rings. The number of hydrogen-bond donors (Lipinski definition) is 0. The number of sulfone groups is 1. The van der Waals surface area contributed by atoms with E-state index >= 15 is 0 Å². The highest BCUT2D eigenvalue weighted by molar-refractivity contribution is 7.92. The summed E-state index contributed by atoms with van der Waals surface area (Å²) in [5, 5.41) is 0. The number of hydrogen-bond acceptors (Lipinski definition) is 4. The smallest absolute Gasteiger partial charge is 0.184 e. The molecule has 0 fully saturated rings. The van der Waals surface area contributed by atoms with E-state index in [-0.39, 0.29) is 0 Å². The Bertz CT molecular complexity index is 655. The summed E-state index contributed by atoms with van der Waals surface area (Å²) in [6.07, 6.45) is 3.39. The lowest BCUT2D eigenvalue weighted by Crippen LogP contribution is -1.95. The van der Waals surface area contributed by atoms with Crippen LogP contribution in [-0.4, -0.2) is 21.3 Å². The second-order valence-electron chi connectivity index (χ2n) is 4.62. The van der Waals surface area contributed by atoms with Gasteiger partial charge in [0.05, 0.1) is 6.61 Å². The fourth-order valence-corrected chi connectivity index (χ4v) is 3.66. The summed E-state index contributed by atoms with van der Waals surface area (Å²) in [6, 6.07) is 11.3. The second-order valence-corrected chi connectivity index (χ2v) is 7.94.